The van der Waals surface area contributed by atoms with Gasteiger partial charge in [0.15, 0.2) is 0 Å². The maximum Gasteiger partial charge on any atom is 0.0776 e. The molecule has 0 heterocycles. The van der Waals surface area contributed by atoms with Gasteiger partial charge in [-0.15, -0.1) is 0 Å². The first-order valence-corrected chi connectivity index (χ1v) is 3.94. The predicted molar refractivity (Wildman–Crippen MR) is 44.0 cm³/mol. The molecular weight excluding hydrogens is 126 g/mol. The molecule has 0 radical (unpaired) electrons. The van der Waals surface area contributed by atoms with Crippen molar-refractivity contribution in [2.24, 2.45) is 5.73 Å². The molecule has 0 aromatic rings. The van der Waals surface area contributed by atoms with Crippen LogP contribution in [0.4, 0.5) is 0 Å². The molecule has 1 atom stereocenters. The highest BCUT2D eigenvalue weighted by Crippen LogP contribution is 2.14. The minimum absolute atomic E-state index is 0.146. The number of nitrogens with two attached hydrogens (primary N) is 1. The van der Waals surface area contributed by atoms with Gasteiger partial charge in [0.2, 0.25) is 0 Å². The van der Waals surface area contributed by atoms with E-state index < -0.39 is 0 Å². The lowest BCUT2D eigenvalue weighted by Crippen LogP contribution is -2.44. The van der Waals surface area contributed by atoms with Crippen LogP contribution in [-0.4, -0.2) is 18.2 Å². The smallest absolute Gasteiger partial charge is 0.0776 e. The summed E-state index contributed by atoms with van der Waals surface area (Å²) in [5, 5.41) is 0. The first kappa shape index (κ1) is 9.92. The van der Waals surface area contributed by atoms with Crippen LogP contribution in [0.2, 0.25) is 0 Å². The van der Waals surface area contributed by atoms with E-state index >= 15 is 0 Å². The van der Waals surface area contributed by atoms with Crippen LogP contribution in [0.15, 0.2) is 0 Å². The van der Waals surface area contributed by atoms with E-state index in [4.69, 9.17) is 10.5 Å². The Morgan fingerprint density at radius 3 is 2.20 bits per heavy atom. The summed E-state index contributed by atoms with van der Waals surface area (Å²) in [6.45, 7) is 8.87. The quantitative estimate of drug-likeness (QED) is 0.651. The lowest BCUT2D eigenvalue weighted by molar-refractivity contribution is -0.0296. The van der Waals surface area contributed by atoms with Crippen LogP contribution in [0.25, 0.3) is 0 Å². The summed E-state index contributed by atoms with van der Waals surface area (Å²) < 4.78 is 5.46. The highest BCUT2D eigenvalue weighted by atomic mass is 16.5. The zero-order valence-corrected chi connectivity index (χ0v) is 7.48. The van der Waals surface area contributed by atoms with Crippen LogP contribution in [0.5, 0.6) is 0 Å². The Kier molecular flexibility index (Phi) is 3.91. The standard InChI is InChI=1S/C8H19NO/c1-5-7(9)8(3,4)10-6-2/h7H,5-6,9H2,1-4H3. The molecule has 0 amide bonds. The van der Waals surface area contributed by atoms with Gasteiger partial charge in [-0.3, -0.25) is 0 Å². The molecule has 2 heteroatoms. The predicted octanol–water partition coefficient (Wildman–Crippen LogP) is 1.54. The second kappa shape index (κ2) is 3.94. The summed E-state index contributed by atoms with van der Waals surface area (Å²) >= 11 is 0. The van der Waals surface area contributed by atoms with Crippen molar-refractivity contribution in [3.05, 3.63) is 0 Å². The van der Waals surface area contributed by atoms with Crippen molar-refractivity contribution in [2.75, 3.05) is 6.61 Å². The molecule has 10 heavy (non-hydrogen) atoms. The monoisotopic (exact) mass is 145 g/mol. The molecule has 2 nitrogen and oxygen atoms in total. The molecule has 0 spiro atoms. The molecule has 0 aliphatic heterocycles. The third-order valence-electron chi connectivity index (χ3n) is 1.85. The van der Waals surface area contributed by atoms with E-state index in [-0.39, 0.29) is 11.6 Å². The van der Waals surface area contributed by atoms with Gasteiger partial charge in [0.25, 0.3) is 0 Å². The van der Waals surface area contributed by atoms with Crippen molar-refractivity contribution in [1.82, 2.24) is 0 Å². The van der Waals surface area contributed by atoms with Crippen molar-refractivity contribution >= 4 is 0 Å². The minimum atomic E-state index is -0.163. The number of hydrogen-bond donors (Lipinski definition) is 1. The normalized spacial score (nSPS) is 15.3. The van der Waals surface area contributed by atoms with Crippen molar-refractivity contribution in [3.8, 4) is 0 Å². The van der Waals surface area contributed by atoms with Gasteiger partial charge in [0, 0.05) is 12.6 Å². The third-order valence-corrected chi connectivity index (χ3v) is 1.85. The van der Waals surface area contributed by atoms with Gasteiger partial charge in [0.05, 0.1) is 5.60 Å². The van der Waals surface area contributed by atoms with Gasteiger partial charge in [-0.1, -0.05) is 6.92 Å². The second-order valence-electron chi connectivity index (χ2n) is 3.05. The molecule has 0 saturated heterocycles. The van der Waals surface area contributed by atoms with E-state index in [1.54, 1.807) is 0 Å². The molecule has 0 aromatic heterocycles. The molecular formula is C8H19NO. The average molecular weight is 145 g/mol. The molecule has 0 fully saturated rings. The summed E-state index contributed by atoms with van der Waals surface area (Å²) in [6, 6.07) is 0.146. The largest absolute Gasteiger partial charge is 0.374 e. The van der Waals surface area contributed by atoms with Gasteiger partial charge >= 0.3 is 0 Å². The second-order valence-corrected chi connectivity index (χ2v) is 3.05. The maximum atomic E-state index is 5.81. The SMILES string of the molecule is CCOC(C)(C)C(N)CC. The summed E-state index contributed by atoms with van der Waals surface area (Å²) in [5.41, 5.74) is 5.65. The Morgan fingerprint density at radius 1 is 1.40 bits per heavy atom. The first-order valence-electron chi connectivity index (χ1n) is 3.94. The molecule has 0 bridgehead atoms. The van der Waals surface area contributed by atoms with Gasteiger partial charge in [0.1, 0.15) is 0 Å². The van der Waals surface area contributed by atoms with Gasteiger partial charge in [-0.05, 0) is 27.2 Å². The Bertz CT molecular complexity index is 91.3. The van der Waals surface area contributed by atoms with Crippen molar-refractivity contribution in [1.29, 1.82) is 0 Å². The summed E-state index contributed by atoms with van der Waals surface area (Å²) in [7, 11) is 0. The molecule has 2 N–H and O–H groups in total. The zero-order chi connectivity index (χ0) is 8.20. The van der Waals surface area contributed by atoms with E-state index in [0.717, 1.165) is 13.0 Å². The van der Waals surface area contributed by atoms with E-state index in [9.17, 15) is 0 Å². The maximum absolute atomic E-state index is 5.81. The van der Waals surface area contributed by atoms with Crippen LogP contribution >= 0.6 is 0 Å². The topological polar surface area (TPSA) is 35.2 Å². The first-order chi connectivity index (χ1) is 4.54. The minimum Gasteiger partial charge on any atom is -0.374 e. The summed E-state index contributed by atoms with van der Waals surface area (Å²) in [5.74, 6) is 0. The molecule has 1 unspecified atom stereocenters. The van der Waals surface area contributed by atoms with E-state index in [1.165, 1.54) is 0 Å². The molecule has 0 aliphatic carbocycles. The van der Waals surface area contributed by atoms with Crippen molar-refractivity contribution in [3.63, 3.8) is 0 Å². The van der Waals surface area contributed by atoms with Gasteiger partial charge < -0.3 is 10.5 Å². The Balaban J connectivity index is 3.82. The highest BCUT2D eigenvalue weighted by molar-refractivity contribution is 4.81. The Labute approximate surface area is 63.7 Å². The van der Waals surface area contributed by atoms with Gasteiger partial charge in [-0.2, -0.15) is 0 Å². The molecule has 0 aliphatic rings. The lowest BCUT2D eigenvalue weighted by atomic mass is 9.97. The highest BCUT2D eigenvalue weighted by Gasteiger charge is 2.24. The lowest BCUT2D eigenvalue weighted by Gasteiger charge is -2.30. The number of ether oxygens (including phenoxy) is 1. The molecule has 0 saturated carbocycles. The van der Waals surface area contributed by atoms with E-state index in [0.29, 0.717) is 0 Å². The van der Waals surface area contributed by atoms with E-state index in [2.05, 4.69) is 6.92 Å². The fraction of sp³-hybridized carbons (Fsp3) is 1.00. The van der Waals surface area contributed by atoms with Crippen molar-refractivity contribution < 1.29 is 4.74 Å². The van der Waals surface area contributed by atoms with Crippen molar-refractivity contribution in [2.45, 2.75) is 45.8 Å². The fourth-order valence-electron chi connectivity index (χ4n) is 0.971. The number of hydrogen-bond acceptors (Lipinski definition) is 2. The van der Waals surface area contributed by atoms with Crippen LogP contribution in [-0.2, 0) is 4.74 Å². The number of rotatable bonds is 4. The van der Waals surface area contributed by atoms with Crippen LogP contribution < -0.4 is 5.73 Å². The average Bonchev–Trinajstić information content (AvgIpc) is 1.86. The van der Waals surface area contributed by atoms with Crippen LogP contribution in [0.3, 0.4) is 0 Å². The van der Waals surface area contributed by atoms with E-state index in [1.807, 2.05) is 20.8 Å². The van der Waals surface area contributed by atoms with Crippen LogP contribution in [0.1, 0.15) is 34.1 Å². The van der Waals surface area contributed by atoms with Crippen LogP contribution in [0, 0.1) is 0 Å². The summed E-state index contributed by atoms with van der Waals surface area (Å²) in [4.78, 5) is 0. The van der Waals surface area contributed by atoms with Gasteiger partial charge in [-0.25, -0.2) is 0 Å². The molecule has 0 rings (SSSR count). The molecule has 0 aromatic carbocycles. The zero-order valence-electron chi connectivity index (χ0n) is 7.48. The molecule has 62 valence electrons. The Morgan fingerprint density at radius 2 is 1.90 bits per heavy atom. The fourth-order valence-corrected chi connectivity index (χ4v) is 0.971. The summed E-state index contributed by atoms with van der Waals surface area (Å²) in [6.07, 6.45) is 0.965. The Hall–Kier alpha value is -0.0800. The third kappa shape index (κ3) is 2.67.